The largest absolute Gasteiger partial charge is 0.497 e. The summed E-state index contributed by atoms with van der Waals surface area (Å²) in [6.07, 6.45) is 0.519. The van der Waals surface area contributed by atoms with Crippen LogP contribution in [0.1, 0.15) is 50.7 Å². The Morgan fingerprint density at radius 2 is 1.72 bits per heavy atom. The molecule has 3 amide bonds. The molecule has 0 bridgehead atoms. The number of aliphatic hydroxyl groups excluding tert-OH is 1. The Bertz CT molecular complexity index is 1950. The van der Waals surface area contributed by atoms with Crippen LogP contribution in [0.4, 0.5) is 11.4 Å². The standard InChI is InChI=1S/C41H49N3O9Si/c1-25-39(54(5,6)32-15-12-30(50-3)13-16-32)35(21-36(47)42-18-8-11-29(42)24-45)53-41(25)33-20-31(51-4)14-17-34(33)43(40(41)49)23-27-9-7-10-28(19-27)44-37(48)22-38(44)52-26(2)46/h7,9-10,12-17,19-20,25,29,35,38-39,45H,8,11,18,21-24H2,1-6H3/t25-,29+,35+,38?,39-,41+/m1/s1. The van der Waals surface area contributed by atoms with Crippen LogP contribution in [0.25, 0.3) is 0 Å². The van der Waals surface area contributed by atoms with Crippen molar-refractivity contribution in [3.05, 3.63) is 77.9 Å². The highest BCUT2D eigenvalue weighted by Crippen LogP contribution is 2.60. The number of methoxy groups -OCH3 is 2. The van der Waals surface area contributed by atoms with Gasteiger partial charge in [-0.1, -0.05) is 49.5 Å². The molecule has 3 aromatic carbocycles. The first-order chi connectivity index (χ1) is 25.8. The Kier molecular flexibility index (Phi) is 10.1. The molecule has 1 spiro atoms. The van der Waals surface area contributed by atoms with E-state index >= 15 is 4.79 Å². The van der Waals surface area contributed by atoms with E-state index < -0.39 is 32.0 Å². The third-order valence-electron chi connectivity index (χ3n) is 12.1. The molecule has 13 heteroatoms. The predicted molar refractivity (Wildman–Crippen MR) is 204 cm³/mol. The Balaban J connectivity index is 1.28. The number of hydrogen-bond acceptors (Lipinski definition) is 9. The molecule has 1 N–H and O–H groups in total. The average molecular weight is 756 g/mol. The van der Waals surface area contributed by atoms with Crippen LogP contribution in [-0.4, -0.2) is 87.5 Å². The number of aliphatic hydroxyl groups is 1. The maximum Gasteiger partial charge on any atom is 0.304 e. The number of hydrogen-bond donors (Lipinski definition) is 1. The average Bonchev–Trinajstić information content (AvgIpc) is 3.81. The molecular formula is C41H49N3O9Si. The molecule has 1 unspecified atom stereocenters. The summed E-state index contributed by atoms with van der Waals surface area (Å²) in [5, 5.41) is 11.2. The lowest BCUT2D eigenvalue weighted by Gasteiger charge is -2.39. The van der Waals surface area contributed by atoms with Gasteiger partial charge in [0.2, 0.25) is 11.8 Å². The van der Waals surface area contributed by atoms with E-state index in [0.717, 1.165) is 29.3 Å². The minimum absolute atomic E-state index is 0.0806. The lowest BCUT2D eigenvalue weighted by molar-refractivity contribution is -0.154. The summed E-state index contributed by atoms with van der Waals surface area (Å²) in [4.78, 5) is 58.7. The van der Waals surface area contributed by atoms with Gasteiger partial charge < -0.3 is 33.9 Å². The molecule has 54 heavy (non-hydrogen) atoms. The van der Waals surface area contributed by atoms with Gasteiger partial charge in [0.25, 0.3) is 5.91 Å². The fraction of sp³-hybridized carbons (Fsp3) is 0.463. The number of fused-ring (bicyclic) bond motifs is 2. The van der Waals surface area contributed by atoms with Crippen LogP contribution in [0.2, 0.25) is 18.6 Å². The second-order valence-corrected chi connectivity index (χ2v) is 20.1. The predicted octanol–water partition coefficient (Wildman–Crippen LogP) is 4.47. The zero-order valence-electron chi connectivity index (χ0n) is 31.7. The van der Waals surface area contributed by atoms with Crippen molar-refractivity contribution >= 4 is 48.3 Å². The van der Waals surface area contributed by atoms with Crippen LogP contribution in [-0.2, 0) is 40.8 Å². The van der Waals surface area contributed by atoms with Crippen LogP contribution in [0.3, 0.4) is 0 Å². The third kappa shape index (κ3) is 6.25. The second kappa shape index (κ2) is 14.5. The fourth-order valence-electron chi connectivity index (χ4n) is 9.39. The van der Waals surface area contributed by atoms with Gasteiger partial charge in [-0.05, 0) is 66.4 Å². The number of benzene rings is 3. The minimum Gasteiger partial charge on any atom is -0.497 e. The Hall–Kier alpha value is -4.72. The van der Waals surface area contributed by atoms with E-state index in [4.69, 9.17) is 18.9 Å². The van der Waals surface area contributed by atoms with Crippen molar-refractivity contribution in [3.8, 4) is 11.5 Å². The summed E-state index contributed by atoms with van der Waals surface area (Å²) >= 11 is 0. The molecule has 3 saturated heterocycles. The van der Waals surface area contributed by atoms with Crippen LogP contribution in [0, 0.1) is 5.92 Å². The fourth-order valence-corrected chi connectivity index (χ4v) is 13.4. The van der Waals surface area contributed by atoms with Gasteiger partial charge in [-0.2, -0.15) is 0 Å². The summed E-state index contributed by atoms with van der Waals surface area (Å²) in [7, 11) is 0.704. The van der Waals surface area contributed by atoms with E-state index in [-0.39, 0.29) is 61.2 Å². The Labute approximate surface area is 316 Å². The first-order valence-electron chi connectivity index (χ1n) is 18.6. The summed E-state index contributed by atoms with van der Waals surface area (Å²) in [5.74, 6) is 0.0549. The number of amides is 3. The van der Waals surface area contributed by atoms with Crippen LogP contribution < -0.4 is 24.5 Å². The van der Waals surface area contributed by atoms with Crippen molar-refractivity contribution < 1.29 is 43.2 Å². The minimum atomic E-state index is -2.52. The van der Waals surface area contributed by atoms with Gasteiger partial charge >= 0.3 is 5.97 Å². The molecule has 12 nitrogen and oxygen atoms in total. The molecule has 4 heterocycles. The molecule has 286 valence electrons. The molecule has 0 aliphatic carbocycles. The van der Waals surface area contributed by atoms with Gasteiger partial charge in [-0.15, -0.1) is 0 Å². The van der Waals surface area contributed by atoms with Gasteiger partial charge in [0.15, 0.2) is 11.8 Å². The second-order valence-electron chi connectivity index (χ2n) is 15.4. The van der Waals surface area contributed by atoms with Crippen molar-refractivity contribution in [2.24, 2.45) is 5.92 Å². The van der Waals surface area contributed by atoms with E-state index in [2.05, 4.69) is 32.2 Å². The van der Waals surface area contributed by atoms with Crippen molar-refractivity contribution in [2.75, 3.05) is 37.2 Å². The van der Waals surface area contributed by atoms with Gasteiger partial charge in [0.05, 0.1) is 66.1 Å². The quantitative estimate of drug-likeness (QED) is 0.171. The number of carbonyl (C=O) groups is 4. The summed E-state index contributed by atoms with van der Waals surface area (Å²) in [6, 6.07) is 20.8. The molecule has 3 fully saturated rings. The maximum atomic E-state index is 15.3. The topological polar surface area (TPSA) is 135 Å². The van der Waals surface area contributed by atoms with E-state index in [1.165, 1.54) is 11.8 Å². The molecule has 3 aromatic rings. The number of carbonyl (C=O) groups excluding carboxylic acids is 4. The first kappa shape index (κ1) is 37.6. The highest BCUT2D eigenvalue weighted by Gasteiger charge is 2.66. The third-order valence-corrected chi connectivity index (χ3v) is 16.4. The number of likely N-dealkylation sites (tertiary alicyclic amines) is 1. The van der Waals surface area contributed by atoms with Crippen molar-refractivity contribution in [1.82, 2.24) is 4.90 Å². The monoisotopic (exact) mass is 755 g/mol. The van der Waals surface area contributed by atoms with Crippen LogP contribution >= 0.6 is 0 Å². The van der Waals surface area contributed by atoms with Gasteiger partial charge in [0, 0.05) is 30.6 Å². The van der Waals surface area contributed by atoms with Crippen LogP contribution in [0.15, 0.2) is 66.7 Å². The molecule has 0 radical (unpaired) electrons. The highest BCUT2D eigenvalue weighted by atomic mass is 28.3. The Morgan fingerprint density at radius 3 is 2.39 bits per heavy atom. The van der Waals surface area contributed by atoms with Gasteiger partial charge in [-0.25, -0.2) is 0 Å². The van der Waals surface area contributed by atoms with E-state index in [1.807, 2.05) is 48.5 Å². The lowest BCUT2D eigenvalue weighted by Crippen LogP contribution is -2.54. The van der Waals surface area contributed by atoms with Gasteiger partial charge in [-0.3, -0.25) is 24.1 Å². The number of rotatable bonds is 11. The normalized spacial score (nSPS) is 26.3. The van der Waals surface area contributed by atoms with E-state index in [0.29, 0.717) is 29.2 Å². The molecule has 7 rings (SSSR count). The molecule has 0 saturated carbocycles. The molecule has 6 atom stereocenters. The molecule has 4 aliphatic heterocycles. The SMILES string of the molecule is COc1ccc([Si](C)(C)[C@H]2[C@H](CC(=O)N3CCC[C@H]3CO)O[C@@]3(C(=O)N(Cc4cccc(N5C(=O)CC5OC(C)=O)c4)c4ccc(OC)cc43)[C@@H]2C)cc1. The first-order valence-corrected chi connectivity index (χ1v) is 21.7. The molecular weight excluding hydrogens is 707 g/mol. The Morgan fingerprint density at radius 1 is 1.00 bits per heavy atom. The molecule has 0 aromatic heterocycles. The van der Waals surface area contributed by atoms with Crippen molar-refractivity contribution in [1.29, 1.82) is 0 Å². The summed E-state index contributed by atoms with van der Waals surface area (Å²) < 4.78 is 23.7. The van der Waals surface area contributed by atoms with E-state index in [9.17, 15) is 19.5 Å². The lowest BCUT2D eigenvalue weighted by atomic mass is 9.82. The number of esters is 1. The zero-order valence-corrected chi connectivity index (χ0v) is 32.7. The number of β-lactam (4-membered cyclic amide) rings is 1. The van der Waals surface area contributed by atoms with Gasteiger partial charge in [0.1, 0.15) is 11.5 Å². The summed E-state index contributed by atoms with van der Waals surface area (Å²) in [6.45, 7) is 8.62. The summed E-state index contributed by atoms with van der Waals surface area (Å²) in [5.41, 5.74) is 1.15. The number of ether oxygens (including phenoxy) is 4. The number of anilines is 2. The smallest absolute Gasteiger partial charge is 0.304 e. The van der Waals surface area contributed by atoms with Crippen molar-refractivity contribution in [2.45, 2.75) is 88.7 Å². The number of nitrogens with zero attached hydrogens (tertiary/aromatic N) is 3. The van der Waals surface area contributed by atoms with Crippen LogP contribution in [0.5, 0.6) is 11.5 Å². The maximum absolute atomic E-state index is 15.3. The zero-order chi connectivity index (χ0) is 38.5. The molecule has 4 aliphatic rings. The van der Waals surface area contributed by atoms with Crippen molar-refractivity contribution in [3.63, 3.8) is 0 Å². The highest BCUT2D eigenvalue weighted by molar-refractivity contribution is 6.91. The van der Waals surface area contributed by atoms with E-state index in [1.54, 1.807) is 30.1 Å².